The summed E-state index contributed by atoms with van der Waals surface area (Å²) < 4.78 is 27.2. The van der Waals surface area contributed by atoms with E-state index in [1.807, 2.05) is 25.1 Å². The predicted molar refractivity (Wildman–Crippen MR) is 128 cm³/mol. The molecule has 0 saturated heterocycles. The fraction of sp³-hybridized carbons (Fsp3) is 0.308. The molecule has 1 aliphatic heterocycles. The topological polar surface area (TPSA) is 87.6 Å². The summed E-state index contributed by atoms with van der Waals surface area (Å²) in [4.78, 5) is 18.0. The summed E-state index contributed by atoms with van der Waals surface area (Å²) >= 11 is 0. The third-order valence-corrected chi connectivity index (χ3v) is 6.02. The minimum atomic E-state index is -0.606. The van der Waals surface area contributed by atoms with E-state index in [1.165, 1.54) is 0 Å². The highest BCUT2D eigenvalue weighted by molar-refractivity contribution is 6.09. The van der Waals surface area contributed by atoms with E-state index in [2.05, 4.69) is 16.9 Å². The fourth-order valence-electron chi connectivity index (χ4n) is 3.95. The van der Waals surface area contributed by atoms with Gasteiger partial charge in [-0.3, -0.25) is 4.79 Å². The summed E-state index contributed by atoms with van der Waals surface area (Å²) in [5.74, 6) is 3.14. The Balaban J connectivity index is 1.59. The molecule has 2 aliphatic rings. The number of nitrogens with one attached hydrogen (secondary N) is 1. The quantitative estimate of drug-likeness (QED) is 0.562. The Morgan fingerprint density at radius 2 is 1.74 bits per heavy atom. The van der Waals surface area contributed by atoms with Gasteiger partial charge in [-0.05, 0) is 61.7 Å². The lowest BCUT2D eigenvalue weighted by atomic mass is 9.94. The largest absolute Gasteiger partial charge is 0.493 e. The van der Waals surface area contributed by atoms with Crippen LogP contribution < -0.4 is 29.0 Å². The molecule has 1 heterocycles. The summed E-state index contributed by atoms with van der Waals surface area (Å²) in [7, 11) is 4.65. The van der Waals surface area contributed by atoms with Crippen LogP contribution in [0.15, 0.2) is 59.9 Å². The Hall–Kier alpha value is -3.94. The van der Waals surface area contributed by atoms with E-state index in [-0.39, 0.29) is 12.7 Å². The number of aliphatic imine (C=N–C) groups is 1. The average Bonchev–Trinajstić information content (AvgIpc) is 3.55. The van der Waals surface area contributed by atoms with Crippen LogP contribution in [0, 0.1) is 0 Å². The zero-order valence-electron chi connectivity index (χ0n) is 19.8. The van der Waals surface area contributed by atoms with E-state index in [0.29, 0.717) is 45.8 Å². The maximum Gasteiger partial charge on any atom is 0.236 e. The smallest absolute Gasteiger partial charge is 0.236 e. The van der Waals surface area contributed by atoms with E-state index < -0.39 is 5.41 Å². The van der Waals surface area contributed by atoms with Gasteiger partial charge < -0.3 is 29.0 Å². The van der Waals surface area contributed by atoms with Gasteiger partial charge in [-0.25, -0.2) is 4.99 Å². The molecule has 178 valence electrons. The van der Waals surface area contributed by atoms with Gasteiger partial charge in [-0.2, -0.15) is 0 Å². The van der Waals surface area contributed by atoms with Crippen LogP contribution in [0.25, 0.3) is 0 Å². The molecular formula is C26H28N2O6. The van der Waals surface area contributed by atoms with Crippen LogP contribution in [0.3, 0.4) is 0 Å². The Morgan fingerprint density at radius 1 is 1.06 bits per heavy atom. The first kappa shape index (κ1) is 23.2. The lowest BCUT2D eigenvalue weighted by Crippen LogP contribution is -2.34. The van der Waals surface area contributed by atoms with Gasteiger partial charge in [0.15, 0.2) is 23.0 Å². The molecule has 0 unspecified atom stereocenters. The molecule has 1 N–H and O–H groups in total. The third-order valence-electron chi connectivity index (χ3n) is 6.02. The molecule has 8 nitrogen and oxygen atoms in total. The van der Waals surface area contributed by atoms with Crippen molar-refractivity contribution in [3.63, 3.8) is 0 Å². The van der Waals surface area contributed by atoms with Gasteiger partial charge in [0, 0.05) is 5.56 Å². The first-order valence-corrected chi connectivity index (χ1v) is 10.9. The van der Waals surface area contributed by atoms with Crippen LogP contribution >= 0.6 is 0 Å². The molecule has 34 heavy (non-hydrogen) atoms. The number of benzene rings is 2. The molecule has 0 spiro atoms. The van der Waals surface area contributed by atoms with Gasteiger partial charge >= 0.3 is 0 Å². The van der Waals surface area contributed by atoms with Crippen molar-refractivity contribution in [2.24, 2.45) is 4.99 Å². The standard InChI is InChI=1S/C26H28N2O6/c1-6-18(16-12-21(30-3)24(32-5)22(13-16)31-4)27-23(7-2)28-25(29)26(10-11-26)17-8-9-19-20(14-17)34-15-33-19/h6-9,12-14H,1,10-11,15H2,2-5H3,(H,28,29)/b23-7+,27-18?. The van der Waals surface area contributed by atoms with Gasteiger partial charge in [0.1, 0.15) is 5.82 Å². The highest BCUT2D eigenvalue weighted by Gasteiger charge is 2.51. The molecule has 1 fully saturated rings. The minimum absolute atomic E-state index is 0.114. The third kappa shape index (κ3) is 4.19. The Bertz CT molecular complexity index is 1150. The second-order valence-electron chi connectivity index (χ2n) is 7.89. The predicted octanol–water partition coefficient (Wildman–Crippen LogP) is 4.13. The zero-order valence-corrected chi connectivity index (χ0v) is 19.8. The van der Waals surface area contributed by atoms with E-state index in [4.69, 9.17) is 23.7 Å². The minimum Gasteiger partial charge on any atom is -0.493 e. The van der Waals surface area contributed by atoms with Crippen LogP contribution in [0.4, 0.5) is 0 Å². The maximum absolute atomic E-state index is 13.3. The second-order valence-corrected chi connectivity index (χ2v) is 7.89. The van der Waals surface area contributed by atoms with E-state index >= 15 is 0 Å². The molecule has 0 radical (unpaired) electrons. The Morgan fingerprint density at radius 3 is 2.29 bits per heavy atom. The Labute approximate surface area is 198 Å². The van der Waals surface area contributed by atoms with Crippen molar-refractivity contribution in [2.45, 2.75) is 25.2 Å². The highest BCUT2D eigenvalue weighted by Crippen LogP contribution is 2.50. The summed E-state index contributed by atoms with van der Waals surface area (Å²) in [5, 5.41) is 2.98. The normalized spacial score (nSPS) is 16.0. The number of carbonyl (C=O) groups excluding carboxylic acids is 1. The zero-order chi connectivity index (χ0) is 24.3. The van der Waals surface area contributed by atoms with Crippen molar-refractivity contribution in [1.82, 2.24) is 5.32 Å². The second kappa shape index (κ2) is 9.51. The monoisotopic (exact) mass is 464 g/mol. The molecule has 8 heteroatoms. The van der Waals surface area contributed by atoms with Crippen molar-refractivity contribution in [3.8, 4) is 28.7 Å². The number of ether oxygens (including phenoxy) is 5. The molecule has 1 amide bonds. The van der Waals surface area contributed by atoms with Crippen LogP contribution in [0.1, 0.15) is 30.9 Å². The molecule has 0 atom stereocenters. The van der Waals surface area contributed by atoms with Crippen molar-refractivity contribution < 1.29 is 28.5 Å². The first-order valence-electron chi connectivity index (χ1n) is 10.9. The molecule has 1 aliphatic carbocycles. The lowest BCUT2D eigenvalue weighted by molar-refractivity contribution is -0.122. The number of rotatable bonds is 9. The highest BCUT2D eigenvalue weighted by atomic mass is 16.7. The number of carbonyl (C=O) groups is 1. The van der Waals surface area contributed by atoms with Crippen molar-refractivity contribution in [3.05, 3.63) is 66.0 Å². The van der Waals surface area contributed by atoms with Crippen LogP contribution in [0.2, 0.25) is 0 Å². The van der Waals surface area contributed by atoms with Crippen LogP contribution in [-0.4, -0.2) is 39.7 Å². The maximum atomic E-state index is 13.3. The lowest BCUT2D eigenvalue weighted by Gasteiger charge is -2.17. The molecule has 1 saturated carbocycles. The van der Waals surface area contributed by atoms with E-state index in [9.17, 15) is 4.79 Å². The van der Waals surface area contributed by atoms with Crippen LogP contribution in [0.5, 0.6) is 28.7 Å². The summed E-state index contributed by atoms with van der Waals surface area (Å²) in [5.41, 5.74) is 1.55. The van der Waals surface area contributed by atoms with Gasteiger partial charge in [0.05, 0.1) is 32.5 Å². The van der Waals surface area contributed by atoms with Crippen molar-refractivity contribution in [2.75, 3.05) is 28.1 Å². The number of hydrogen-bond donors (Lipinski definition) is 1. The van der Waals surface area contributed by atoms with Gasteiger partial charge in [-0.1, -0.05) is 12.6 Å². The molecule has 2 aromatic carbocycles. The van der Waals surface area contributed by atoms with E-state index in [1.54, 1.807) is 45.6 Å². The number of amides is 1. The van der Waals surface area contributed by atoms with Gasteiger partial charge in [-0.15, -0.1) is 0 Å². The van der Waals surface area contributed by atoms with Gasteiger partial charge in [0.25, 0.3) is 0 Å². The SMILES string of the molecule is C=CC(=N/C(=C\C)NC(=O)C1(c2ccc3c(c2)OCO3)CC1)c1cc(OC)c(OC)c(OC)c1. The molecule has 2 aromatic rings. The number of allylic oxidation sites excluding steroid dienone is 2. The first-order chi connectivity index (χ1) is 16.5. The number of methoxy groups -OCH3 is 3. The number of hydrogen-bond acceptors (Lipinski definition) is 7. The Kier molecular flexibility index (Phi) is 6.49. The molecule has 4 rings (SSSR count). The molecular weight excluding hydrogens is 436 g/mol. The number of nitrogens with zero attached hydrogens (tertiary/aromatic N) is 1. The van der Waals surface area contributed by atoms with Crippen molar-refractivity contribution in [1.29, 1.82) is 0 Å². The number of fused-ring (bicyclic) bond motifs is 1. The summed E-state index contributed by atoms with van der Waals surface area (Å²) in [6.45, 7) is 5.90. The van der Waals surface area contributed by atoms with Gasteiger partial charge in [0.2, 0.25) is 18.4 Å². The van der Waals surface area contributed by atoms with Crippen LogP contribution in [-0.2, 0) is 10.2 Å². The fourth-order valence-corrected chi connectivity index (χ4v) is 3.95. The molecule has 0 aromatic heterocycles. The average molecular weight is 465 g/mol. The van der Waals surface area contributed by atoms with Crippen molar-refractivity contribution >= 4 is 11.6 Å². The van der Waals surface area contributed by atoms with E-state index in [0.717, 1.165) is 18.4 Å². The summed E-state index contributed by atoms with van der Waals surface area (Å²) in [6, 6.07) is 9.22. The summed E-state index contributed by atoms with van der Waals surface area (Å²) in [6.07, 6.45) is 4.86. The molecule has 0 bridgehead atoms.